The summed E-state index contributed by atoms with van der Waals surface area (Å²) >= 11 is 1.70. The lowest BCUT2D eigenvalue weighted by atomic mass is 10.2. The van der Waals surface area contributed by atoms with Gasteiger partial charge in [0.05, 0.1) is 7.11 Å². The van der Waals surface area contributed by atoms with Gasteiger partial charge in [0.25, 0.3) is 0 Å². The highest BCUT2D eigenvalue weighted by Crippen LogP contribution is 2.23. The maximum Gasteiger partial charge on any atom is 0.223 e. The van der Waals surface area contributed by atoms with E-state index in [9.17, 15) is 4.79 Å². The second-order valence-electron chi connectivity index (χ2n) is 4.89. The van der Waals surface area contributed by atoms with E-state index in [2.05, 4.69) is 0 Å². The number of ether oxygens (including phenoxy) is 1. The summed E-state index contributed by atoms with van der Waals surface area (Å²) in [6, 6.07) is 8.18. The van der Waals surface area contributed by atoms with Crippen molar-refractivity contribution in [1.29, 1.82) is 0 Å². The van der Waals surface area contributed by atoms with E-state index in [1.54, 1.807) is 18.9 Å². The molecule has 20 heavy (non-hydrogen) atoms. The van der Waals surface area contributed by atoms with E-state index in [1.807, 2.05) is 29.2 Å². The van der Waals surface area contributed by atoms with Crippen LogP contribution in [0.25, 0.3) is 0 Å². The van der Waals surface area contributed by atoms with E-state index in [4.69, 9.17) is 10.5 Å². The van der Waals surface area contributed by atoms with E-state index < -0.39 is 0 Å². The number of methoxy groups -OCH3 is 1. The van der Waals surface area contributed by atoms with Gasteiger partial charge in [0, 0.05) is 36.2 Å². The Bertz CT molecular complexity index is 436. The van der Waals surface area contributed by atoms with Crippen molar-refractivity contribution in [3.8, 4) is 5.75 Å². The van der Waals surface area contributed by atoms with Gasteiger partial charge in [-0.1, -0.05) is 0 Å². The summed E-state index contributed by atoms with van der Waals surface area (Å²) in [5, 5.41) is 0. The minimum Gasteiger partial charge on any atom is -0.497 e. The Morgan fingerprint density at radius 2 is 2.20 bits per heavy atom. The molecule has 1 saturated heterocycles. The first-order chi connectivity index (χ1) is 9.74. The average molecular weight is 294 g/mol. The van der Waals surface area contributed by atoms with Crippen LogP contribution in [0.1, 0.15) is 19.3 Å². The molecule has 0 aliphatic carbocycles. The van der Waals surface area contributed by atoms with E-state index in [0.717, 1.165) is 35.8 Å². The topological polar surface area (TPSA) is 55.6 Å². The van der Waals surface area contributed by atoms with Crippen LogP contribution in [-0.4, -0.2) is 42.8 Å². The second kappa shape index (κ2) is 7.55. The first-order valence-corrected chi connectivity index (χ1v) is 7.99. The van der Waals surface area contributed by atoms with Gasteiger partial charge in [0.15, 0.2) is 0 Å². The van der Waals surface area contributed by atoms with Gasteiger partial charge in [-0.05, 0) is 37.1 Å². The molecule has 1 amide bonds. The van der Waals surface area contributed by atoms with Crippen LogP contribution in [0.15, 0.2) is 29.2 Å². The number of benzene rings is 1. The smallest absolute Gasteiger partial charge is 0.223 e. The van der Waals surface area contributed by atoms with Crippen LogP contribution in [0.5, 0.6) is 5.75 Å². The van der Waals surface area contributed by atoms with Crippen LogP contribution in [0.3, 0.4) is 0 Å². The summed E-state index contributed by atoms with van der Waals surface area (Å²) in [5.74, 6) is 1.89. The Labute approximate surface area is 124 Å². The fourth-order valence-electron chi connectivity index (χ4n) is 2.48. The van der Waals surface area contributed by atoms with E-state index in [0.29, 0.717) is 13.0 Å². The zero-order chi connectivity index (χ0) is 14.4. The number of carbonyl (C=O) groups excluding carboxylic acids is 1. The highest BCUT2D eigenvalue weighted by molar-refractivity contribution is 7.99. The molecule has 2 rings (SSSR count). The first kappa shape index (κ1) is 15.2. The van der Waals surface area contributed by atoms with Crippen molar-refractivity contribution in [2.75, 3.05) is 26.0 Å². The van der Waals surface area contributed by atoms with Crippen molar-refractivity contribution < 1.29 is 9.53 Å². The Hall–Kier alpha value is -1.20. The predicted molar refractivity (Wildman–Crippen MR) is 82.1 cm³/mol. The maximum atomic E-state index is 12.1. The number of carbonyl (C=O) groups is 1. The number of amides is 1. The van der Waals surface area contributed by atoms with Crippen LogP contribution in [0.2, 0.25) is 0 Å². The van der Waals surface area contributed by atoms with Crippen LogP contribution >= 0.6 is 11.8 Å². The molecular weight excluding hydrogens is 272 g/mol. The Kier molecular flexibility index (Phi) is 5.73. The highest BCUT2D eigenvalue weighted by Gasteiger charge is 2.26. The number of nitrogens with two attached hydrogens (primary N) is 1. The van der Waals surface area contributed by atoms with E-state index in [1.165, 1.54) is 0 Å². The molecule has 1 heterocycles. The quantitative estimate of drug-likeness (QED) is 0.817. The molecule has 110 valence electrons. The van der Waals surface area contributed by atoms with Gasteiger partial charge in [0.1, 0.15) is 5.75 Å². The molecular formula is C15H22N2O2S. The van der Waals surface area contributed by atoms with E-state index in [-0.39, 0.29) is 11.9 Å². The third kappa shape index (κ3) is 3.90. The molecule has 1 aliphatic rings. The summed E-state index contributed by atoms with van der Waals surface area (Å²) in [7, 11) is 1.66. The van der Waals surface area contributed by atoms with Gasteiger partial charge < -0.3 is 15.4 Å². The van der Waals surface area contributed by atoms with Gasteiger partial charge in [-0.15, -0.1) is 11.8 Å². The maximum absolute atomic E-state index is 12.1. The van der Waals surface area contributed by atoms with Crippen LogP contribution in [0, 0.1) is 0 Å². The fraction of sp³-hybridized carbons (Fsp3) is 0.533. The highest BCUT2D eigenvalue weighted by atomic mass is 32.2. The molecule has 0 saturated carbocycles. The fourth-order valence-corrected chi connectivity index (χ4v) is 3.32. The van der Waals surface area contributed by atoms with Gasteiger partial charge in [-0.25, -0.2) is 0 Å². The van der Waals surface area contributed by atoms with Gasteiger partial charge in [-0.3, -0.25) is 4.79 Å². The number of rotatable bonds is 6. The summed E-state index contributed by atoms with van der Waals surface area (Å²) in [4.78, 5) is 15.3. The zero-order valence-electron chi connectivity index (χ0n) is 11.9. The molecule has 1 atom stereocenters. The number of likely N-dealkylation sites (tertiary alicyclic amines) is 1. The summed E-state index contributed by atoms with van der Waals surface area (Å²) in [5.41, 5.74) is 5.70. The number of hydrogen-bond acceptors (Lipinski definition) is 4. The minimum absolute atomic E-state index is 0.235. The number of hydrogen-bond donors (Lipinski definition) is 1. The van der Waals surface area contributed by atoms with Crippen molar-refractivity contribution in [2.24, 2.45) is 5.73 Å². The molecule has 1 aromatic rings. The molecule has 1 aliphatic heterocycles. The molecule has 1 aromatic carbocycles. The minimum atomic E-state index is 0.235. The molecule has 0 radical (unpaired) electrons. The van der Waals surface area contributed by atoms with Gasteiger partial charge in [0.2, 0.25) is 5.91 Å². The number of nitrogens with zero attached hydrogens (tertiary/aromatic N) is 1. The largest absolute Gasteiger partial charge is 0.497 e. The molecule has 0 bridgehead atoms. The lowest BCUT2D eigenvalue weighted by Crippen LogP contribution is -2.40. The molecule has 5 heteroatoms. The van der Waals surface area contributed by atoms with Gasteiger partial charge >= 0.3 is 0 Å². The summed E-state index contributed by atoms with van der Waals surface area (Å²) < 4.78 is 5.12. The molecule has 0 spiro atoms. The van der Waals surface area contributed by atoms with Crippen molar-refractivity contribution in [2.45, 2.75) is 30.2 Å². The normalized spacial score (nSPS) is 18.3. The summed E-state index contributed by atoms with van der Waals surface area (Å²) in [6.45, 7) is 1.45. The zero-order valence-corrected chi connectivity index (χ0v) is 12.7. The van der Waals surface area contributed by atoms with Crippen molar-refractivity contribution in [1.82, 2.24) is 4.90 Å². The molecule has 4 nitrogen and oxygen atoms in total. The second-order valence-corrected chi connectivity index (χ2v) is 6.06. The van der Waals surface area contributed by atoms with Crippen LogP contribution < -0.4 is 10.5 Å². The molecule has 0 aromatic heterocycles. The van der Waals surface area contributed by atoms with Crippen LogP contribution in [0.4, 0.5) is 0 Å². The monoisotopic (exact) mass is 294 g/mol. The number of thioether (sulfide) groups is 1. The Morgan fingerprint density at radius 3 is 2.85 bits per heavy atom. The molecule has 1 fully saturated rings. The van der Waals surface area contributed by atoms with Crippen molar-refractivity contribution >= 4 is 17.7 Å². The van der Waals surface area contributed by atoms with Gasteiger partial charge in [-0.2, -0.15) is 0 Å². The molecule has 1 unspecified atom stereocenters. The third-order valence-electron chi connectivity index (χ3n) is 3.61. The Balaban J connectivity index is 1.76. The van der Waals surface area contributed by atoms with Crippen LogP contribution in [-0.2, 0) is 4.79 Å². The van der Waals surface area contributed by atoms with Crippen molar-refractivity contribution in [3.63, 3.8) is 0 Å². The predicted octanol–water partition coefficient (Wildman–Crippen LogP) is 2.13. The standard InChI is InChI=1S/C15H22N2O2S/c1-19-13-4-6-14(7-5-13)20-10-8-15(18)17-9-2-3-12(17)11-16/h4-7,12H,2-3,8-11,16H2,1H3. The first-order valence-electron chi connectivity index (χ1n) is 7.01. The lowest BCUT2D eigenvalue weighted by molar-refractivity contribution is -0.131. The lowest BCUT2D eigenvalue weighted by Gasteiger charge is -2.23. The Morgan fingerprint density at radius 1 is 1.45 bits per heavy atom. The van der Waals surface area contributed by atoms with Crippen molar-refractivity contribution in [3.05, 3.63) is 24.3 Å². The average Bonchev–Trinajstić information content (AvgIpc) is 2.96. The van der Waals surface area contributed by atoms with E-state index >= 15 is 0 Å². The molecule has 2 N–H and O–H groups in total. The third-order valence-corrected chi connectivity index (χ3v) is 4.63. The summed E-state index contributed by atoms with van der Waals surface area (Å²) in [6.07, 6.45) is 2.71. The SMILES string of the molecule is COc1ccc(SCCC(=O)N2CCCC2CN)cc1.